The van der Waals surface area contributed by atoms with Crippen molar-refractivity contribution in [3.8, 4) is 6.07 Å². The van der Waals surface area contributed by atoms with Crippen LogP contribution in [0.2, 0.25) is 0 Å². The number of nitrogens with zero attached hydrogens (tertiary/aromatic N) is 1. The monoisotopic (exact) mass is 280 g/mol. The summed E-state index contributed by atoms with van der Waals surface area (Å²) in [4.78, 5) is 0. The summed E-state index contributed by atoms with van der Waals surface area (Å²) in [7, 11) is -3.34. The van der Waals surface area contributed by atoms with Crippen molar-refractivity contribution >= 4 is 10.0 Å². The third-order valence-electron chi connectivity index (χ3n) is 3.02. The van der Waals surface area contributed by atoms with E-state index in [9.17, 15) is 8.42 Å². The number of nitriles is 1. The molecule has 0 spiro atoms. The van der Waals surface area contributed by atoms with E-state index in [0.29, 0.717) is 11.1 Å². The molecule has 1 rings (SSSR count). The van der Waals surface area contributed by atoms with E-state index in [4.69, 9.17) is 5.26 Å². The molecule has 104 valence electrons. The maximum atomic E-state index is 12.1. The highest BCUT2D eigenvalue weighted by molar-refractivity contribution is 7.88. The van der Waals surface area contributed by atoms with E-state index in [0.717, 1.165) is 6.42 Å². The van der Waals surface area contributed by atoms with Gasteiger partial charge in [-0.25, -0.2) is 13.1 Å². The molecule has 0 heterocycles. The first-order valence-electron chi connectivity index (χ1n) is 6.37. The molecule has 0 aliphatic heterocycles. The van der Waals surface area contributed by atoms with Gasteiger partial charge < -0.3 is 0 Å². The fraction of sp³-hybridized carbons (Fsp3) is 0.500. The largest absolute Gasteiger partial charge is 0.216 e. The van der Waals surface area contributed by atoms with Crippen molar-refractivity contribution < 1.29 is 8.42 Å². The standard InChI is InChI=1S/C14H20N2O2S/c1-4-14(11(2)3)16-19(17,18)10-13-7-5-12(9-15)6-8-13/h5-8,11,14,16H,4,10H2,1-3H3. The molecule has 19 heavy (non-hydrogen) atoms. The molecule has 1 unspecified atom stereocenters. The van der Waals surface area contributed by atoms with Crippen LogP contribution in [-0.4, -0.2) is 14.5 Å². The number of hydrogen-bond donors (Lipinski definition) is 1. The Balaban J connectivity index is 2.76. The summed E-state index contributed by atoms with van der Waals surface area (Å²) in [5, 5.41) is 8.69. The average Bonchev–Trinajstić information content (AvgIpc) is 2.36. The van der Waals surface area contributed by atoms with Crippen molar-refractivity contribution in [3.05, 3.63) is 35.4 Å². The van der Waals surface area contributed by atoms with Gasteiger partial charge in [0.1, 0.15) is 0 Å². The predicted octanol–water partition coefficient (Wildman–Crippen LogP) is 2.41. The van der Waals surface area contributed by atoms with Crippen LogP contribution in [0, 0.1) is 17.2 Å². The van der Waals surface area contributed by atoms with Crippen LogP contribution in [0.4, 0.5) is 0 Å². The van der Waals surface area contributed by atoms with Crippen LogP contribution in [0.1, 0.15) is 38.3 Å². The van der Waals surface area contributed by atoms with Crippen molar-refractivity contribution in [1.82, 2.24) is 4.72 Å². The Morgan fingerprint density at radius 2 is 1.84 bits per heavy atom. The minimum Gasteiger partial charge on any atom is -0.212 e. The van der Waals surface area contributed by atoms with Crippen LogP contribution in [0.15, 0.2) is 24.3 Å². The summed E-state index contributed by atoms with van der Waals surface area (Å²) in [6, 6.07) is 8.58. The molecule has 0 saturated heterocycles. The molecular weight excluding hydrogens is 260 g/mol. The first-order chi connectivity index (χ1) is 8.88. The molecule has 0 saturated carbocycles. The van der Waals surface area contributed by atoms with Gasteiger partial charge in [0.15, 0.2) is 0 Å². The number of nitrogens with one attached hydrogen (secondary N) is 1. The molecule has 0 aliphatic carbocycles. The summed E-state index contributed by atoms with van der Waals surface area (Å²) in [5.74, 6) is 0.211. The Kier molecular flexibility index (Phi) is 5.52. The molecule has 0 fully saturated rings. The van der Waals surface area contributed by atoms with E-state index in [1.54, 1.807) is 24.3 Å². The minimum absolute atomic E-state index is 0.0385. The van der Waals surface area contributed by atoms with Crippen molar-refractivity contribution in [1.29, 1.82) is 5.26 Å². The number of hydrogen-bond acceptors (Lipinski definition) is 3. The fourth-order valence-corrected chi connectivity index (χ4v) is 3.47. The SMILES string of the molecule is CCC(NS(=O)(=O)Cc1ccc(C#N)cc1)C(C)C. The van der Waals surface area contributed by atoms with Gasteiger partial charge in [0.05, 0.1) is 17.4 Å². The van der Waals surface area contributed by atoms with Crippen molar-refractivity contribution in [2.75, 3.05) is 0 Å². The summed E-state index contributed by atoms with van der Waals surface area (Å²) >= 11 is 0. The smallest absolute Gasteiger partial charge is 0.212 e. The summed E-state index contributed by atoms with van der Waals surface area (Å²) in [6.45, 7) is 5.96. The maximum Gasteiger partial charge on any atom is 0.216 e. The average molecular weight is 280 g/mol. The van der Waals surface area contributed by atoms with Crippen molar-refractivity contribution in [3.63, 3.8) is 0 Å². The van der Waals surface area contributed by atoms with E-state index in [1.807, 2.05) is 26.8 Å². The molecular formula is C14H20N2O2S. The lowest BCUT2D eigenvalue weighted by molar-refractivity contribution is 0.437. The molecule has 0 amide bonds. The Bertz CT molecular complexity index is 542. The molecule has 4 nitrogen and oxygen atoms in total. The second-order valence-corrected chi connectivity index (χ2v) is 6.70. The highest BCUT2D eigenvalue weighted by Gasteiger charge is 2.19. The first kappa shape index (κ1) is 15.7. The van der Waals surface area contributed by atoms with Gasteiger partial charge in [0.2, 0.25) is 10.0 Å². The highest BCUT2D eigenvalue weighted by atomic mass is 32.2. The van der Waals surface area contributed by atoms with Gasteiger partial charge in [0.25, 0.3) is 0 Å². The van der Waals surface area contributed by atoms with E-state index >= 15 is 0 Å². The normalized spacial score (nSPS) is 13.2. The van der Waals surface area contributed by atoms with Crippen LogP contribution in [0.5, 0.6) is 0 Å². The molecule has 5 heteroatoms. The third-order valence-corrected chi connectivity index (χ3v) is 4.39. The minimum atomic E-state index is -3.34. The predicted molar refractivity (Wildman–Crippen MR) is 75.8 cm³/mol. The Hall–Kier alpha value is -1.38. The van der Waals surface area contributed by atoms with Crippen LogP contribution >= 0.6 is 0 Å². The second kappa shape index (κ2) is 6.69. The first-order valence-corrected chi connectivity index (χ1v) is 8.02. The Labute approximate surface area is 115 Å². The number of sulfonamides is 1. The van der Waals surface area contributed by atoms with E-state index in [2.05, 4.69) is 4.72 Å². The van der Waals surface area contributed by atoms with Crippen LogP contribution < -0.4 is 4.72 Å². The van der Waals surface area contributed by atoms with Gasteiger partial charge in [-0.3, -0.25) is 0 Å². The zero-order valence-electron chi connectivity index (χ0n) is 11.6. The molecule has 0 radical (unpaired) electrons. The zero-order chi connectivity index (χ0) is 14.5. The molecule has 0 aromatic heterocycles. The van der Waals surface area contributed by atoms with E-state index in [1.165, 1.54) is 0 Å². The van der Waals surface area contributed by atoms with Crippen molar-refractivity contribution in [2.45, 2.75) is 39.0 Å². The topological polar surface area (TPSA) is 70.0 Å². The number of rotatable bonds is 6. The molecule has 1 N–H and O–H groups in total. The third kappa shape index (κ3) is 5.01. The lowest BCUT2D eigenvalue weighted by atomic mass is 10.0. The second-order valence-electron chi connectivity index (χ2n) is 4.94. The molecule has 1 atom stereocenters. The van der Waals surface area contributed by atoms with E-state index in [-0.39, 0.29) is 17.7 Å². The molecule has 0 bridgehead atoms. The van der Waals surface area contributed by atoms with Gasteiger partial charge >= 0.3 is 0 Å². The summed E-state index contributed by atoms with van der Waals surface area (Å²) < 4.78 is 26.8. The molecule has 1 aromatic rings. The van der Waals surface area contributed by atoms with Gasteiger partial charge in [0, 0.05) is 6.04 Å². The lowest BCUT2D eigenvalue weighted by Crippen LogP contribution is -2.38. The zero-order valence-corrected chi connectivity index (χ0v) is 12.4. The van der Waals surface area contributed by atoms with Crippen LogP contribution in [0.3, 0.4) is 0 Å². The quantitative estimate of drug-likeness (QED) is 0.870. The summed E-state index contributed by atoms with van der Waals surface area (Å²) in [5.41, 5.74) is 1.22. The molecule has 1 aromatic carbocycles. The fourth-order valence-electron chi connectivity index (χ4n) is 1.86. The maximum absolute atomic E-state index is 12.1. The molecule has 0 aliphatic rings. The Morgan fingerprint density at radius 3 is 2.26 bits per heavy atom. The number of benzene rings is 1. The van der Waals surface area contributed by atoms with Crippen LogP contribution in [0.25, 0.3) is 0 Å². The summed E-state index contributed by atoms with van der Waals surface area (Å²) in [6.07, 6.45) is 0.768. The van der Waals surface area contributed by atoms with E-state index < -0.39 is 10.0 Å². The van der Waals surface area contributed by atoms with Gasteiger partial charge in [-0.15, -0.1) is 0 Å². The van der Waals surface area contributed by atoms with Gasteiger partial charge in [-0.2, -0.15) is 5.26 Å². The Morgan fingerprint density at radius 1 is 1.26 bits per heavy atom. The highest BCUT2D eigenvalue weighted by Crippen LogP contribution is 2.11. The lowest BCUT2D eigenvalue weighted by Gasteiger charge is -2.20. The van der Waals surface area contributed by atoms with Crippen LogP contribution in [-0.2, 0) is 15.8 Å². The van der Waals surface area contributed by atoms with Crippen molar-refractivity contribution in [2.24, 2.45) is 5.92 Å². The van der Waals surface area contributed by atoms with Gasteiger partial charge in [-0.1, -0.05) is 32.9 Å². The van der Waals surface area contributed by atoms with Gasteiger partial charge in [-0.05, 0) is 30.0 Å².